The summed E-state index contributed by atoms with van der Waals surface area (Å²) >= 11 is 7.00. The highest BCUT2D eigenvalue weighted by Crippen LogP contribution is 2.46. The first-order valence-corrected chi connectivity index (χ1v) is 24.6. The van der Waals surface area contributed by atoms with Gasteiger partial charge in [-0.1, -0.05) is 206 Å². The first-order valence-electron chi connectivity index (χ1n) is 24.2. The number of halogens is 1. The van der Waals surface area contributed by atoms with Crippen LogP contribution in [0.2, 0.25) is 5.02 Å². The minimum Gasteiger partial charge on any atom is -0.449 e. The highest BCUT2D eigenvalue weighted by Gasteiger charge is 2.43. The van der Waals surface area contributed by atoms with Crippen LogP contribution in [0, 0.1) is 11.8 Å². The smallest absolute Gasteiger partial charge is 0.407 e. The van der Waals surface area contributed by atoms with E-state index in [1.165, 1.54) is 49.0 Å². The van der Waals surface area contributed by atoms with Crippen molar-refractivity contribution in [3.05, 3.63) is 166 Å². The summed E-state index contributed by atoms with van der Waals surface area (Å²) in [5.41, 5.74) is 6.21. The quantitative estimate of drug-likeness (QED) is 0.0753. The molecule has 0 radical (unpaired) electrons. The molecule has 9 nitrogen and oxygen atoms in total. The van der Waals surface area contributed by atoms with Gasteiger partial charge in [0.2, 0.25) is 11.8 Å². The summed E-state index contributed by atoms with van der Waals surface area (Å²) in [5, 5.41) is 6.06. The molecule has 0 aromatic heterocycles. The molecule has 2 N–H and O–H groups in total. The van der Waals surface area contributed by atoms with E-state index < -0.39 is 48.1 Å². The van der Waals surface area contributed by atoms with Crippen LogP contribution in [0.3, 0.4) is 0 Å². The first kappa shape index (κ1) is 49.0. The molecule has 1 saturated carbocycles. The fourth-order valence-corrected chi connectivity index (χ4v) is 10.5. The van der Waals surface area contributed by atoms with Gasteiger partial charge in [-0.15, -0.1) is 0 Å². The third kappa shape index (κ3) is 11.1. The van der Waals surface area contributed by atoms with E-state index in [0.717, 1.165) is 40.7 Å². The van der Waals surface area contributed by atoms with Crippen LogP contribution in [0.5, 0.6) is 0 Å². The van der Waals surface area contributed by atoms with E-state index in [0.29, 0.717) is 28.5 Å². The molecular weight excluding hydrogens is 858 g/mol. The number of fused-ring (bicyclic) bond motifs is 3. The number of rotatable bonds is 16. The summed E-state index contributed by atoms with van der Waals surface area (Å²) in [5.74, 6) is -2.00. The maximum atomic E-state index is 14.4. The van der Waals surface area contributed by atoms with Gasteiger partial charge in [-0.3, -0.25) is 14.4 Å². The molecule has 0 aliphatic heterocycles. The highest BCUT2D eigenvalue weighted by atomic mass is 35.5. The van der Waals surface area contributed by atoms with E-state index in [1.807, 2.05) is 113 Å². The zero-order chi connectivity index (χ0) is 47.5. The lowest BCUT2D eigenvalue weighted by Crippen LogP contribution is -2.58. The van der Waals surface area contributed by atoms with E-state index >= 15 is 0 Å². The van der Waals surface area contributed by atoms with Crippen molar-refractivity contribution >= 4 is 35.5 Å². The number of benzene rings is 5. The van der Waals surface area contributed by atoms with Crippen molar-refractivity contribution in [1.82, 2.24) is 15.5 Å². The number of alkyl carbamates (subject to hydrolysis) is 1. The fraction of sp³-hybridized carbons (Fsp3) is 0.404. The lowest BCUT2D eigenvalue weighted by molar-refractivity contribution is -0.154. The highest BCUT2D eigenvalue weighted by molar-refractivity contribution is 6.31. The summed E-state index contributed by atoms with van der Waals surface area (Å²) in [6.07, 6.45) is 9.69. The van der Waals surface area contributed by atoms with Crippen molar-refractivity contribution in [3.63, 3.8) is 0 Å². The maximum absolute atomic E-state index is 14.4. The Bertz CT molecular complexity index is 2420. The first-order chi connectivity index (χ1) is 32.4. The second-order valence-corrected chi connectivity index (χ2v) is 19.1. The number of ether oxygens (including phenoxy) is 2. The van der Waals surface area contributed by atoms with Gasteiger partial charge in [0.15, 0.2) is 5.60 Å². The van der Waals surface area contributed by atoms with E-state index in [4.69, 9.17) is 21.1 Å². The van der Waals surface area contributed by atoms with Crippen LogP contribution in [-0.4, -0.2) is 61.1 Å². The van der Waals surface area contributed by atoms with Crippen molar-refractivity contribution in [3.8, 4) is 11.1 Å². The zero-order valence-electron chi connectivity index (χ0n) is 39.6. The molecule has 4 atom stereocenters. The lowest BCUT2D eigenvalue weighted by atomic mass is 9.79. The van der Waals surface area contributed by atoms with E-state index in [1.54, 1.807) is 13.1 Å². The molecule has 67 heavy (non-hydrogen) atoms. The van der Waals surface area contributed by atoms with Gasteiger partial charge >= 0.3 is 12.1 Å². The van der Waals surface area contributed by atoms with Gasteiger partial charge in [-0.2, -0.15) is 0 Å². The molecular formula is C57H66ClN3O6. The molecule has 0 spiro atoms. The van der Waals surface area contributed by atoms with Crippen molar-refractivity contribution in [1.29, 1.82) is 0 Å². The predicted molar refractivity (Wildman–Crippen MR) is 266 cm³/mol. The molecule has 5 aromatic carbocycles. The van der Waals surface area contributed by atoms with Crippen LogP contribution < -0.4 is 10.6 Å². The lowest BCUT2D eigenvalue weighted by Gasteiger charge is -2.36. The van der Waals surface area contributed by atoms with Crippen molar-refractivity contribution in [2.75, 3.05) is 20.2 Å². The van der Waals surface area contributed by atoms with Crippen LogP contribution in [0.1, 0.15) is 131 Å². The molecule has 5 aromatic rings. The Labute approximate surface area is 402 Å². The number of esters is 1. The summed E-state index contributed by atoms with van der Waals surface area (Å²) in [7, 11) is 1.55. The van der Waals surface area contributed by atoms with Crippen molar-refractivity contribution < 1.29 is 28.7 Å². The Hall–Kier alpha value is -5.93. The Balaban J connectivity index is 1.07. The van der Waals surface area contributed by atoms with Gasteiger partial charge in [0.1, 0.15) is 25.2 Å². The van der Waals surface area contributed by atoms with Crippen LogP contribution >= 0.6 is 11.6 Å². The summed E-state index contributed by atoms with van der Waals surface area (Å²) in [4.78, 5) is 57.8. The molecule has 2 aliphatic carbocycles. The number of nitrogens with zero attached hydrogens (tertiary/aromatic N) is 1. The van der Waals surface area contributed by atoms with Crippen LogP contribution in [0.25, 0.3) is 11.1 Å². The molecule has 1 unspecified atom stereocenters. The third-order valence-electron chi connectivity index (χ3n) is 14.0. The Kier molecular flexibility index (Phi) is 16.6. The Morgan fingerprint density at radius 2 is 1.27 bits per heavy atom. The van der Waals surface area contributed by atoms with Crippen molar-refractivity contribution in [2.24, 2.45) is 11.8 Å². The standard InChI is InChI=1S/C57H66ClN3O6/c1-6-39(4)52(60-56(65)66-37-48-46-28-18-16-26-44(46)45-27-17-19-29-47(45)48)55(64)61(5)53(38(2)3)54(63)59-36-51(62)67-57(42-24-14-11-15-25-42,49-30-20-21-31-50(49)58)43-34-32-41(33-35-43)40-22-12-9-7-8-10-13-23-40/h11,14-21,24-35,38-40,48,52-53H,6-10,12-13,22-23,36-37H2,1-5H3,(H,59,63)(H,60,65)/t39-,52-,53-,57?/m0/s1. The molecule has 7 rings (SSSR count). The number of hydrogen-bond donors (Lipinski definition) is 2. The number of carbonyl (C=O) groups is 4. The SMILES string of the molecule is CC[C@H](C)[C@H](NC(=O)OCC1c2ccccc2-c2ccccc21)C(=O)N(C)[C@H](C(=O)NCC(=O)OC(c1ccccc1)(c1ccc(C2CCCCCCCC2)cc1)c1ccccc1Cl)C(C)C. The zero-order valence-corrected chi connectivity index (χ0v) is 40.4. The average Bonchev–Trinajstić information content (AvgIpc) is 3.73. The van der Waals surface area contributed by atoms with Gasteiger partial charge in [0, 0.05) is 34.7 Å². The average molecular weight is 925 g/mol. The second-order valence-electron chi connectivity index (χ2n) is 18.7. The summed E-state index contributed by atoms with van der Waals surface area (Å²) in [6, 6.07) is 39.6. The molecule has 2 aliphatic rings. The molecule has 352 valence electrons. The van der Waals surface area contributed by atoms with Crippen LogP contribution in [0.4, 0.5) is 4.79 Å². The number of likely N-dealkylation sites (N-methyl/N-ethyl adjacent to an activating group) is 1. The largest absolute Gasteiger partial charge is 0.449 e. The van der Waals surface area contributed by atoms with E-state index in [2.05, 4.69) is 47.0 Å². The van der Waals surface area contributed by atoms with Crippen LogP contribution in [0.15, 0.2) is 127 Å². The molecule has 3 amide bonds. The van der Waals surface area contributed by atoms with Crippen molar-refractivity contribution in [2.45, 2.75) is 115 Å². The maximum Gasteiger partial charge on any atom is 0.407 e. The molecule has 0 heterocycles. The second kappa shape index (κ2) is 22.7. The molecule has 0 saturated heterocycles. The van der Waals surface area contributed by atoms with E-state index in [-0.39, 0.29) is 24.4 Å². The Morgan fingerprint density at radius 3 is 1.87 bits per heavy atom. The number of amides is 3. The minimum atomic E-state index is -1.46. The monoisotopic (exact) mass is 923 g/mol. The topological polar surface area (TPSA) is 114 Å². The van der Waals surface area contributed by atoms with E-state index in [9.17, 15) is 19.2 Å². The summed E-state index contributed by atoms with van der Waals surface area (Å²) < 4.78 is 12.5. The van der Waals surface area contributed by atoms with Gasteiger partial charge < -0.3 is 25.0 Å². The minimum absolute atomic E-state index is 0.0953. The fourth-order valence-electron chi connectivity index (χ4n) is 10.2. The predicted octanol–water partition coefficient (Wildman–Crippen LogP) is 11.9. The van der Waals surface area contributed by atoms with Crippen LogP contribution in [-0.2, 0) is 29.5 Å². The molecule has 1 fully saturated rings. The van der Waals surface area contributed by atoms with Gasteiger partial charge in [-0.25, -0.2) is 4.79 Å². The summed E-state index contributed by atoms with van der Waals surface area (Å²) in [6.45, 7) is 7.11. The molecule has 0 bridgehead atoms. The third-order valence-corrected chi connectivity index (χ3v) is 14.3. The van der Waals surface area contributed by atoms with Gasteiger partial charge in [0.25, 0.3) is 0 Å². The normalized spacial score (nSPS) is 16.4. The number of nitrogens with one attached hydrogen (secondary N) is 2. The van der Waals surface area contributed by atoms with Gasteiger partial charge in [-0.05, 0) is 64.5 Å². The Morgan fingerprint density at radius 1 is 0.716 bits per heavy atom. The molecule has 10 heteroatoms. The number of carbonyl (C=O) groups excluding carboxylic acids is 4. The number of hydrogen-bond acceptors (Lipinski definition) is 6. The van der Waals surface area contributed by atoms with Gasteiger partial charge in [0.05, 0.1) is 0 Å².